The molecule has 0 radical (unpaired) electrons. The maximum Gasteiger partial charge on any atom is 0.151 e. The zero-order valence-corrected chi connectivity index (χ0v) is 13.6. The molecule has 22 heavy (non-hydrogen) atoms. The van der Waals surface area contributed by atoms with Crippen LogP contribution in [0.15, 0.2) is 18.5 Å². The first-order valence-electron chi connectivity index (χ1n) is 7.32. The van der Waals surface area contributed by atoms with Gasteiger partial charge in [0.25, 0.3) is 0 Å². The number of aromatic nitrogens is 1. The zero-order chi connectivity index (χ0) is 16.0. The number of nitrogens with zero attached hydrogens (tertiary/aromatic N) is 3. The van der Waals surface area contributed by atoms with E-state index < -0.39 is 9.84 Å². The van der Waals surface area contributed by atoms with Gasteiger partial charge in [0.1, 0.15) is 6.07 Å². The molecule has 0 saturated carbocycles. The first-order chi connectivity index (χ1) is 10.6. The van der Waals surface area contributed by atoms with Crippen LogP contribution in [0.4, 0.5) is 0 Å². The molecule has 1 fully saturated rings. The van der Waals surface area contributed by atoms with E-state index in [9.17, 15) is 8.42 Å². The summed E-state index contributed by atoms with van der Waals surface area (Å²) >= 11 is 0. The summed E-state index contributed by atoms with van der Waals surface area (Å²) in [5.41, 5.74) is 1.43. The van der Waals surface area contributed by atoms with Crippen molar-refractivity contribution in [3.05, 3.63) is 29.6 Å². The van der Waals surface area contributed by atoms with E-state index in [4.69, 9.17) is 10.00 Å². The number of ether oxygens (including phenoxy) is 1. The molecule has 120 valence electrons. The number of hydrogen-bond acceptors (Lipinski definition) is 6. The SMILES string of the molecule is COCCCN(Cc1ccncc1C#N)[C@H]1CCS(=O)(=O)C1. The van der Waals surface area contributed by atoms with E-state index in [1.54, 1.807) is 19.5 Å². The smallest absolute Gasteiger partial charge is 0.151 e. The van der Waals surface area contributed by atoms with Crippen molar-refractivity contribution in [1.29, 1.82) is 5.26 Å². The molecule has 2 rings (SSSR count). The second-order valence-corrected chi connectivity index (χ2v) is 7.75. The maximum absolute atomic E-state index is 11.7. The summed E-state index contributed by atoms with van der Waals surface area (Å²) in [7, 11) is -1.28. The number of rotatable bonds is 7. The Morgan fingerprint density at radius 3 is 3.00 bits per heavy atom. The van der Waals surface area contributed by atoms with Crippen LogP contribution in [0.5, 0.6) is 0 Å². The van der Waals surface area contributed by atoms with Crippen LogP contribution in [0.3, 0.4) is 0 Å². The Hall–Kier alpha value is -1.49. The molecule has 0 aliphatic carbocycles. The van der Waals surface area contributed by atoms with E-state index in [0.717, 1.165) is 18.5 Å². The van der Waals surface area contributed by atoms with E-state index in [-0.39, 0.29) is 17.5 Å². The topological polar surface area (TPSA) is 83.3 Å². The standard InChI is InChI=1S/C15H21N3O3S/c1-21-7-2-6-18(15-4-8-22(19,20)12-15)11-13-3-5-17-10-14(13)9-16/h3,5,10,15H,2,4,6-8,11-12H2,1H3/t15-/m0/s1. The van der Waals surface area contributed by atoms with Crippen LogP contribution >= 0.6 is 0 Å². The van der Waals surface area contributed by atoms with Crippen LogP contribution in [-0.2, 0) is 21.1 Å². The highest BCUT2D eigenvalue weighted by atomic mass is 32.2. The second kappa shape index (κ2) is 7.68. The van der Waals surface area contributed by atoms with E-state index in [0.29, 0.717) is 25.1 Å². The van der Waals surface area contributed by atoms with Crippen LogP contribution < -0.4 is 0 Å². The van der Waals surface area contributed by atoms with Crippen molar-refractivity contribution in [3.63, 3.8) is 0 Å². The Balaban J connectivity index is 2.12. The molecule has 0 unspecified atom stereocenters. The van der Waals surface area contributed by atoms with Crippen molar-refractivity contribution in [3.8, 4) is 6.07 Å². The fraction of sp³-hybridized carbons (Fsp3) is 0.600. The Morgan fingerprint density at radius 2 is 2.36 bits per heavy atom. The number of nitriles is 1. The van der Waals surface area contributed by atoms with Gasteiger partial charge in [-0.3, -0.25) is 9.88 Å². The summed E-state index contributed by atoms with van der Waals surface area (Å²) in [5.74, 6) is 0.451. The highest BCUT2D eigenvalue weighted by Gasteiger charge is 2.32. The predicted octanol–water partition coefficient (Wildman–Crippen LogP) is 0.979. The summed E-state index contributed by atoms with van der Waals surface area (Å²) in [6, 6.07) is 3.98. The van der Waals surface area contributed by atoms with Gasteiger partial charge in [-0.15, -0.1) is 0 Å². The van der Waals surface area contributed by atoms with Crippen LogP contribution in [0.1, 0.15) is 24.0 Å². The third-order valence-corrected chi connectivity index (χ3v) is 5.67. The van der Waals surface area contributed by atoms with Crippen molar-refractivity contribution >= 4 is 9.84 Å². The Morgan fingerprint density at radius 1 is 1.55 bits per heavy atom. The zero-order valence-electron chi connectivity index (χ0n) is 12.7. The molecule has 1 aromatic heterocycles. The highest BCUT2D eigenvalue weighted by Crippen LogP contribution is 2.21. The lowest BCUT2D eigenvalue weighted by molar-refractivity contribution is 0.150. The van der Waals surface area contributed by atoms with Crippen molar-refractivity contribution < 1.29 is 13.2 Å². The third kappa shape index (κ3) is 4.50. The normalized spacial score (nSPS) is 20.1. The van der Waals surface area contributed by atoms with E-state index in [2.05, 4.69) is 16.0 Å². The van der Waals surface area contributed by atoms with Gasteiger partial charge < -0.3 is 4.74 Å². The van der Waals surface area contributed by atoms with E-state index in [1.807, 2.05) is 6.07 Å². The summed E-state index contributed by atoms with van der Waals surface area (Å²) in [4.78, 5) is 6.12. The summed E-state index contributed by atoms with van der Waals surface area (Å²) in [6.45, 7) is 1.95. The van der Waals surface area contributed by atoms with Crippen LogP contribution in [0, 0.1) is 11.3 Å². The molecule has 7 heteroatoms. The molecule has 1 aliphatic heterocycles. The molecule has 0 bridgehead atoms. The average Bonchev–Trinajstić information content (AvgIpc) is 2.87. The van der Waals surface area contributed by atoms with Gasteiger partial charge in [-0.05, 0) is 24.5 Å². The molecular weight excluding hydrogens is 302 g/mol. The molecule has 2 heterocycles. The van der Waals surface area contributed by atoms with Gasteiger partial charge in [0.15, 0.2) is 9.84 Å². The summed E-state index contributed by atoms with van der Waals surface area (Å²) in [5, 5.41) is 9.17. The first kappa shape index (κ1) is 16.9. The minimum atomic E-state index is -2.93. The van der Waals surface area contributed by atoms with Crippen molar-refractivity contribution in [2.75, 3.05) is 31.8 Å². The lowest BCUT2D eigenvalue weighted by Crippen LogP contribution is -2.37. The lowest BCUT2D eigenvalue weighted by Gasteiger charge is -2.28. The number of methoxy groups -OCH3 is 1. The Labute approximate surface area is 131 Å². The number of sulfone groups is 1. The van der Waals surface area contributed by atoms with Crippen molar-refractivity contribution in [2.45, 2.75) is 25.4 Å². The molecule has 0 aromatic carbocycles. The highest BCUT2D eigenvalue weighted by molar-refractivity contribution is 7.91. The maximum atomic E-state index is 11.7. The largest absolute Gasteiger partial charge is 0.385 e. The van der Waals surface area contributed by atoms with Crippen molar-refractivity contribution in [2.24, 2.45) is 0 Å². The van der Waals surface area contributed by atoms with Gasteiger partial charge in [-0.2, -0.15) is 5.26 Å². The van der Waals surface area contributed by atoms with Gasteiger partial charge in [-0.1, -0.05) is 0 Å². The molecule has 1 aliphatic rings. The van der Waals surface area contributed by atoms with Crippen LogP contribution in [-0.4, -0.2) is 56.1 Å². The molecule has 1 atom stereocenters. The fourth-order valence-corrected chi connectivity index (χ4v) is 4.51. The Kier molecular flexibility index (Phi) is 5.89. The fourth-order valence-electron chi connectivity index (χ4n) is 2.75. The molecule has 0 amide bonds. The van der Waals surface area contributed by atoms with E-state index in [1.165, 1.54) is 0 Å². The minimum Gasteiger partial charge on any atom is -0.385 e. The molecule has 0 N–H and O–H groups in total. The number of pyridine rings is 1. The van der Waals surface area contributed by atoms with Gasteiger partial charge in [0.05, 0.1) is 17.1 Å². The molecule has 6 nitrogen and oxygen atoms in total. The molecular formula is C15H21N3O3S. The summed E-state index contributed by atoms with van der Waals surface area (Å²) in [6.07, 6.45) is 4.70. The summed E-state index contributed by atoms with van der Waals surface area (Å²) < 4.78 is 28.6. The quantitative estimate of drug-likeness (QED) is 0.696. The van der Waals surface area contributed by atoms with Crippen molar-refractivity contribution in [1.82, 2.24) is 9.88 Å². The third-order valence-electron chi connectivity index (χ3n) is 3.92. The lowest BCUT2D eigenvalue weighted by atomic mass is 10.1. The monoisotopic (exact) mass is 323 g/mol. The van der Waals surface area contributed by atoms with Crippen LogP contribution in [0.2, 0.25) is 0 Å². The van der Waals surface area contributed by atoms with Gasteiger partial charge in [0, 0.05) is 45.2 Å². The molecule has 1 aromatic rings. The van der Waals surface area contributed by atoms with E-state index >= 15 is 0 Å². The van der Waals surface area contributed by atoms with Gasteiger partial charge in [0.2, 0.25) is 0 Å². The first-order valence-corrected chi connectivity index (χ1v) is 9.14. The van der Waals surface area contributed by atoms with Gasteiger partial charge >= 0.3 is 0 Å². The van der Waals surface area contributed by atoms with Gasteiger partial charge in [-0.25, -0.2) is 8.42 Å². The second-order valence-electron chi connectivity index (χ2n) is 5.52. The van der Waals surface area contributed by atoms with Crippen LogP contribution in [0.25, 0.3) is 0 Å². The molecule has 1 saturated heterocycles. The average molecular weight is 323 g/mol. The number of hydrogen-bond donors (Lipinski definition) is 0. The molecule has 0 spiro atoms. The minimum absolute atomic E-state index is 0.0153. The Bertz CT molecular complexity index is 640. The predicted molar refractivity (Wildman–Crippen MR) is 82.9 cm³/mol.